The van der Waals surface area contributed by atoms with Crippen molar-refractivity contribution in [3.05, 3.63) is 22.4 Å². The van der Waals surface area contributed by atoms with Gasteiger partial charge in [0.15, 0.2) is 0 Å². The number of aliphatic hydroxyl groups is 1. The Labute approximate surface area is 103 Å². The summed E-state index contributed by atoms with van der Waals surface area (Å²) >= 11 is 3.34. The number of hydrogen-bond acceptors (Lipinski definition) is 4. The number of methoxy groups -OCH3 is 1. The topological polar surface area (TPSA) is 51.6 Å². The molecule has 1 aromatic heterocycles. The summed E-state index contributed by atoms with van der Waals surface area (Å²) in [5.74, 6) is 0.733. The van der Waals surface area contributed by atoms with Crippen LogP contribution in [-0.4, -0.2) is 37.0 Å². The van der Waals surface area contributed by atoms with E-state index < -0.39 is 0 Å². The molecule has 1 atom stereocenters. The SMILES string of the molecule is COc1cc(Br)nc(C2(CO)CCOC2)c1. The van der Waals surface area contributed by atoms with Gasteiger partial charge in [-0.15, -0.1) is 0 Å². The summed E-state index contributed by atoms with van der Waals surface area (Å²) in [7, 11) is 1.61. The fourth-order valence-electron chi connectivity index (χ4n) is 1.88. The molecule has 1 unspecified atom stereocenters. The first-order valence-electron chi connectivity index (χ1n) is 5.11. The van der Waals surface area contributed by atoms with Gasteiger partial charge in [0.05, 0.1) is 31.4 Å². The van der Waals surface area contributed by atoms with Crippen LogP contribution in [0.25, 0.3) is 0 Å². The summed E-state index contributed by atoms with van der Waals surface area (Å²) < 4.78 is 11.3. The highest BCUT2D eigenvalue weighted by Gasteiger charge is 2.38. The van der Waals surface area contributed by atoms with E-state index in [0.717, 1.165) is 17.9 Å². The second-order valence-corrected chi connectivity index (χ2v) is 4.77. The molecule has 0 bridgehead atoms. The van der Waals surface area contributed by atoms with Gasteiger partial charge in [0.1, 0.15) is 10.4 Å². The number of aliphatic hydroxyl groups excluding tert-OH is 1. The third-order valence-electron chi connectivity index (χ3n) is 2.95. The van der Waals surface area contributed by atoms with Crippen LogP contribution in [-0.2, 0) is 10.2 Å². The molecule has 0 saturated carbocycles. The van der Waals surface area contributed by atoms with Crippen LogP contribution in [0.3, 0.4) is 0 Å². The first-order chi connectivity index (χ1) is 7.70. The molecule has 1 fully saturated rings. The molecular weight excluding hydrogens is 274 g/mol. The summed E-state index contributed by atoms with van der Waals surface area (Å²) in [5, 5.41) is 9.55. The van der Waals surface area contributed by atoms with Crippen molar-refractivity contribution in [2.45, 2.75) is 11.8 Å². The van der Waals surface area contributed by atoms with Gasteiger partial charge in [0, 0.05) is 18.7 Å². The number of ether oxygens (including phenoxy) is 2. The molecule has 5 heteroatoms. The lowest BCUT2D eigenvalue weighted by Gasteiger charge is -2.24. The zero-order valence-electron chi connectivity index (χ0n) is 9.07. The molecule has 88 valence electrons. The van der Waals surface area contributed by atoms with Crippen LogP contribution in [0.2, 0.25) is 0 Å². The molecule has 2 heterocycles. The Hall–Kier alpha value is -0.650. The van der Waals surface area contributed by atoms with Crippen molar-refractivity contribution >= 4 is 15.9 Å². The smallest absolute Gasteiger partial charge is 0.123 e. The van der Waals surface area contributed by atoms with Gasteiger partial charge in [0.25, 0.3) is 0 Å². The van der Waals surface area contributed by atoms with E-state index >= 15 is 0 Å². The van der Waals surface area contributed by atoms with E-state index in [1.807, 2.05) is 6.07 Å². The van der Waals surface area contributed by atoms with Crippen LogP contribution >= 0.6 is 15.9 Å². The van der Waals surface area contributed by atoms with Gasteiger partial charge >= 0.3 is 0 Å². The standard InChI is InChI=1S/C11H14BrNO3/c1-15-8-4-9(13-10(12)5-8)11(6-14)2-3-16-7-11/h4-5,14H,2-3,6-7H2,1H3. The number of halogens is 1. The van der Waals surface area contributed by atoms with Crippen molar-refractivity contribution in [1.82, 2.24) is 4.98 Å². The van der Waals surface area contributed by atoms with Gasteiger partial charge in [-0.05, 0) is 22.4 Å². The second kappa shape index (κ2) is 4.69. The number of rotatable bonds is 3. The van der Waals surface area contributed by atoms with Crippen LogP contribution in [0.5, 0.6) is 5.75 Å². The third-order valence-corrected chi connectivity index (χ3v) is 3.36. The average Bonchev–Trinajstić information content (AvgIpc) is 2.78. The van der Waals surface area contributed by atoms with E-state index in [0.29, 0.717) is 17.8 Å². The van der Waals surface area contributed by atoms with Crippen LogP contribution in [0, 0.1) is 0 Å². The first-order valence-corrected chi connectivity index (χ1v) is 5.90. The maximum absolute atomic E-state index is 9.55. The van der Waals surface area contributed by atoms with Gasteiger partial charge in [-0.1, -0.05) is 0 Å². The van der Waals surface area contributed by atoms with Gasteiger partial charge in [0.2, 0.25) is 0 Å². The Morgan fingerprint density at radius 2 is 2.44 bits per heavy atom. The lowest BCUT2D eigenvalue weighted by Crippen LogP contribution is -2.32. The van der Waals surface area contributed by atoms with Crippen LogP contribution in [0.1, 0.15) is 12.1 Å². The summed E-state index contributed by atoms with van der Waals surface area (Å²) in [5.41, 5.74) is 0.440. The summed E-state index contributed by atoms with van der Waals surface area (Å²) in [6, 6.07) is 3.65. The first kappa shape index (κ1) is 11.8. The van der Waals surface area contributed by atoms with Gasteiger partial charge in [-0.25, -0.2) is 4.98 Å². The summed E-state index contributed by atoms with van der Waals surface area (Å²) in [6.07, 6.45) is 0.788. The molecule has 1 saturated heterocycles. The van der Waals surface area contributed by atoms with E-state index in [2.05, 4.69) is 20.9 Å². The van der Waals surface area contributed by atoms with E-state index in [1.165, 1.54) is 0 Å². The fourth-order valence-corrected chi connectivity index (χ4v) is 2.29. The van der Waals surface area contributed by atoms with Crippen molar-refractivity contribution in [2.24, 2.45) is 0 Å². The van der Waals surface area contributed by atoms with Crippen LogP contribution in [0.15, 0.2) is 16.7 Å². The van der Waals surface area contributed by atoms with E-state index in [4.69, 9.17) is 9.47 Å². The Morgan fingerprint density at radius 1 is 1.62 bits per heavy atom. The molecule has 1 aliphatic heterocycles. The Morgan fingerprint density at radius 3 is 3.00 bits per heavy atom. The predicted molar refractivity (Wildman–Crippen MR) is 62.7 cm³/mol. The quantitative estimate of drug-likeness (QED) is 0.856. The highest BCUT2D eigenvalue weighted by atomic mass is 79.9. The monoisotopic (exact) mass is 287 g/mol. The Kier molecular flexibility index (Phi) is 3.47. The van der Waals surface area contributed by atoms with Crippen molar-refractivity contribution in [1.29, 1.82) is 0 Å². The third kappa shape index (κ3) is 2.07. The molecule has 0 aromatic carbocycles. The number of nitrogens with zero attached hydrogens (tertiary/aromatic N) is 1. The van der Waals surface area contributed by atoms with E-state index in [1.54, 1.807) is 13.2 Å². The minimum atomic E-state index is -0.378. The molecule has 0 aliphatic carbocycles. The van der Waals surface area contributed by atoms with Crippen molar-refractivity contribution in [3.63, 3.8) is 0 Å². The Balaban J connectivity index is 2.41. The molecule has 1 aliphatic rings. The number of pyridine rings is 1. The molecule has 1 N–H and O–H groups in total. The lowest BCUT2D eigenvalue weighted by atomic mass is 9.84. The molecule has 16 heavy (non-hydrogen) atoms. The van der Waals surface area contributed by atoms with Gasteiger partial charge in [-0.3, -0.25) is 0 Å². The van der Waals surface area contributed by atoms with Crippen LogP contribution < -0.4 is 4.74 Å². The summed E-state index contributed by atoms with van der Waals surface area (Å²) in [6.45, 7) is 1.22. The van der Waals surface area contributed by atoms with Gasteiger partial charge < -0.3 is 14.6 Å². The van der Waals surface area contributed by atoms with E-state index in [9.17, 15) is 5.11 Å². The zero-order chi connectivity index (χ0) is 11.6. The number of aromatic nitrogens is 1. The minimum absolute atomic E-state index is 0.0413. The highest BCUT2D eigenvalue weighted by molar-refractivity contribution is 9.10. The highest BCUT2D eigenvalue weighted by Crippen LogP contribution is 2.34. The molecule has 0 radical (unpaired) electrons. The number of hydrogen-bond donors (Lipinski definition) is 1. The molecule has 0 amide bonds. The maximum atomic E-state index is 9.55. The predicted octanol–water partition coefficient (Wildman–Crippen LogP) is 1.50. The largest absolute Gasteiger partial charge is 0.497 e. The summed E-state index contributed by atoms with van der Waals surface area (Å²) in [4.78, 5) is 4.40. The zero-order valence-corrected chi connectivity index (χ0v) is 10.7. The fraction of sp³-hybridized carbons (Fsp3) is 0.545. The Bertz CT molecular complexity index is 377. The normalized spacial score (nSPS) is 24.7. The van der Waals surface area contributed by atoms with E-state index in [-0.39, 0.29) is 12.0 Å². The van der Waals surface area contributed by atoms with Crippen LogP contribution in [0.4, 0.5) is 0 Å². The molecule has 4 nitrogen and oxygen atoms in total. The molecule has 0 spiro atoms. The molecular formula is C11H14BrNO3. The van der Waals surface area contributed by atoms with Crippen molar-refractivity contribution in [2.75, 3.05) is 26.9 Å². The lowest BCUT2D eigenvalue weighted by molar-refractivity contribution is 0.138. The van der Waals surface area contributed by atoms with Crippen molar-refractivity contribution in [3.8, 4) is 5.75 Å². The maximum Gasteiger partial charge on any atom is 0.123 e. The molecule has 1 aromatic rings. The second-order valence-electron chi connectivity index (χ2n) is 3.96. The average molecular weight is 288 g/mol. The minimum Gasteiger partial charge on any atom is -0.497 e. The van der Waals surface area contributed by atoms with Gasteiger partial charge in [-0.2, -0.15) is 0 Å². The molecule has 2 rings (SSSR count). The van der Waals surface area contributed by atoms with Crippen molar-refractivity contribution < 1.29 is 14.6 Å².